The second-order valence-electron chi connectivity index (χ2n) is 5.50. The summed E-state index contributed by atoms with van der Waals surface area (Å²) < 4.78 is 5.91. The number of likely N-dealkylation sites (N-methyl/N-ethyl adjacent to an activating group) is 1. The molecule has 7 heteroatoms. The molecule has 0 saturated carbocycles. The summed E-state index contributed by atoms with van der Waals surface area (Å²) in [6.45, 7) is 8.55. The molecule has 2 aromatic rings. The van der Waals surface area contributed by atoms with Gasteiger partial charge in [0.1, 0.15) is 23.1 Å². The number of aromatic nitrogens is 1. The van der Waals surface area contributed by atoms with Crippen molar-refractivity contribution in [3.8, 4) is 5.75 Å². The molecule has 1 heterocycles. The summed E-state index contributed by atoms with van der Waals surface area (Å²) in [7, 11) is 0. The van der Waals surface area contributed by atoms with Gasteiger partial charge in [-0.1, -0.05) is 32.0 Å². The zero-order valence-corrected chi connectivity index (χ0v) is 15.6. The molecule has 1 amide bonds. The van der Waals surface area contributed by atoms with E-state index in [1.54, 1.807) is 5.38 Å². The third-order valence-corrected chi connectivity index (χ3v) is 4.80. The number of nitrogens with zero attached hydrogens (tertiary/aromatic N) is 2. The first-order valence-corrected chi connectivity index (χ1v) is 9.41. The SMILES string of the molecule is CCN(CC)CCOc1ccccc1CNC(=O)c1csc(CN)n1. The number of rotatable bonds is 10. The number of ether oxygens (including phenoxy) is 1. The number of nitrogens with one attached hydrogen (secondary N) is 1. The average Bonchev–Trinajstić information content (AvgIpc) is 3.13. The third-order valence-electron chi connectivity index (χ3n) is 3.93. The molecule has 0 spiro atoms. The van der Waals surface area contributed by atoms with Gasteiger partial charge in [0, 0.05) is 30.6 Å². The highest BCUT2D eigenvalue weighted by Crippen LogP contribution is 2.18. The van der Waals surface area contributed by atoms with Gasteiger partial charge in [0.25, 0.3) is 5.91 Å². The van der Waals surface area contributed by atoms with Crippen LogP contribution in [0, 0.1) is 0 Å². The summed E-state index contributed by atoms with van der Waals surface area (Å²) in [5.74, 6) is 0.602. The first kappa shape index (κ1) is 19.4. The highest BCUT2D eigenvalue weighted by molar-refractivity contribution is 7.09. The molecule has 136 valence electrons. The summed E-state index contributed by atoms with van der Waals surface area (Å²) in [4.78, 5) is 18.7. The zero-order valence-electron chi connectivity index (χ0n) is 14.8. The van der Waals surface area contributed by atoms with E-state index in [0.717, 1.165) is 36.0 Å². The monoisotopic (exact) mass is 362 g/mol. The molecule has 0 radical (unpaired) electrons. The number of thiazole rings is 1. The van der Waals surface area contributed by atoms with Crippen molar-refractivity contribution in [1.29, 1.82) is 0 Å². The van der Waals surface area contributed by atoms with Crippen LogP contribution in [0.5, 0.6) is 5.75 Å². The Bertz CT molecular complexity index is 671. The molecule has 0 aliphatic heterocycles. The lowest BCUT2D eigenvalue weighted by Gasteiger charge is -2.19. The van der Waals surface area contributed by atoms with E-state index in [1.807, 2.05) is 24.3 Å². The Kier molecular flexibility index (Phi) is 7.84. The lowest BCUT2D eigenvalue weighted by molar-refractivity contribution is 0.0946. The Morgan fingerprint density at radius 3 is 2.76 bits per heavy atom. The highest BCUT2D eigenvalue weighted by atomic mass is 32.1. The number of carbonyl (C=O) groups excluding carboxylic acids is 1. The standard InChI is InChI=1S/C18H26N4O2S/c1-3-22(4-2)9-10-24-16-8-6-5-7-14(16)12-20-18(23)15-13-25-17(11-19)21-15/h5-8,13H,3-4,9-12,19H2,1-2H3,(H,20,23). The van der Waals surface area contributed by atoms with E-state index in [9.17, 15) is 4.79 Å². The van der Waals surface area contributed by atoms with Crippen molar-refractivity contribution < 1.29 is 9.53 Å². The van der Waals surface area contributed by atoms with Crippen LogP contribution in [0.1, 0.15) is 34.9 Å². The van der Waals surface area contributed by atoms with Crippen LogP contribution in [0.25, 0.3) is 0 Å². The Morgan fingerprint density at radius 2 is 2.08 bits per heavy atom. The predicted molar refractivity (Wildman–Crippen MR) is 101 cm³/mol. The molecule has 0 aliphatic rings. The summed E-state index contributed by atoms with van der Waals surface area (Å²) in [5.41, 5.74) is 6.89. The zero-order chi connectivity index (χ0) is 18.1. The maximum atomic E-state index is 12.2. The molecule has 3 N–H and O–H groups in total. The van der Waals surface area contributed by atoms with Gasteiger partial charge < -0.3 is 20.7 Å². The fraction of sp³-hybridized carbons (Fsp3) is 0.444. The minimum atomic E-state index is -0.200. The third kappa shape index (κ3) is 5.81. The molecule has 0 fully saturated rings. The molecule has 0 atom stereocenters. The van der Waals surface area contributed by atoms with Crippen LogP contribution in [0.3, 0.4) is 0 Å². The van der Waals surface area contributed by atoms with E-state index in [0.29, 0.717) is 25.4 Å². The smallest absolute Gasteiger partial charge is 0.271 e. The van der Waals surface area contributed by atoms with E-state index in [1.165, 1.54) is 11.3 Å². The summed E-state index contributed by atoms with van der Waals surface area (Å²) in [6.07, 6.45) is 0. The summed E-state index contributed by atoms with van der Waals surface area (Å²) in [6, 6.07) is 7.76. The molecule has 2 rings (SSSR count). The highest BCUT2D eigenvalue weighted by Gasteiger charge is 2.11. The van der Waals surface area contributed by atoms with Gasteiger partial charge in [-0.3, -0.25) is 4.79 Å². The van der Waals surface area contributed by atoms with E-state index >= 15 is 0 Å². The van der Waals surface area contributed by atoms with E-state index in [2.05, 4.69) is 29.0 Å². The van der Waals surface area contributed by atoms with Gasteiger partial charge in [-0.2, -0.15) is 0 Å². The molecule has 1 aromatic carbocycles. The molecule has 0 bridgehead atoms. The van der Waals surface area contributed by atoms with Crippen LogP contribution in [0.2, 0.25) is 0 Å². The van der Waals surface area contributed by atoms with Gasteiger partial charge >= 0.3 is 0 Å². The van der Waals surface area contributed by atoms with Crippen molar-refractivity contribution in [3.05, 3.63) is 45.9 Å². The largest absolute Gasteiger partial charge is 0.492 e. The van der Waals surface area contributed by atoms with Crippen LogP contribution in [-0.2, 0) is 13.1 Å². The van der Waals surface area contributed by atoms with Crippen molar-refractivity contribution in [1.82, 2.24) is 15.2 Å². The van der Waals surface area contributed by atoms with E-state index in [-0.39, 0.29) is 5.91 Å². The fourth-order valence-electron chi connectivity index (χ4n) is 2.39. The van der Waals surface area contributed by atoms with Gasteiger partial charge in [0.15, 0.2) is 0 Å². The lowest BCUT2D eigenvalue weighted by Crippen LogP contribution is -2.28. The molecular formula is C18H26N4O2S. The summed E-state index contributed by atoms with van der Waals surface area (Å²) in [5, 5.41) is 5.37. The molecule has 0 unspecified atom stereocenters. The van der Waals surface area contributed by atoms with Crippen LogP contribution in [0.15, 0.2) is 29.6 Å². The van der Waals surface area contributed by atoms with Gasteiger partial charge in [0.2, 0.25) is 0 Å². The Morgan fingerprint density at radius 1 is 1.32 bits per heavy atom. The predicted octanol–water partition coefficient (Wildman–Crippen LogP) is 2.25. The molecule has 6 nitrogen and oxygen atoms in total. The molecule has 1 aromatic heterocycles. The van der Waals surface area contributed by atoms with E-state index in [4.69, 9.17) is 10.5 Å². The lowest BCUT2D eigenvalue weighted by atomic mass is 10.2. The van der Waals surface area contributed by atoms with Crippen LogP contribution in [-0.4, -0.2) is 42.0 Å². The maximum absolute atomic E-state index is 12.2. The Labute approximate surface area is 153 Å². The van der Waals surface area contributed by atoms with Crippen LogP contribution >= 0.6 is 11.3 Å². The van der Waals surface area contributed by atoms with Crippen molar-refractivity contribution in [2.45, 2.75) is 26.9 Å². The van der Waals surface area contributed by atoms with Crippen LogP contribution in [0.4, 0.5) is 0 Å². The first-order chi connectivity index (χ1) is 12.2. The van der Waals surface area contributed by atoms with Gasteiger partial charge in [-0.15, -0.1) is 11.3 Å². The number of para-hydroxylation sites is 1. The number of hydrogen-bond donors (Lipinski definition) is 2. The number of benzene rings is 1. The second kappa shape index (κ2) is 10.1. The minimum absolute atomic E-state index is 0.200. The second-order valence-corrected chi connectivity index (χ2v) is 6.44. The normalized spacial score (nSPS) is 10.9. The number of hydrogen-bond acceptors (Lipinski definition) is 6. The minimum Gasteiger partial charge on any atom is -0.492 e. The number of carbonyl (C=O) groups is 1. The average molecular weight is 362 g/mol. The van der Waals surface area contributed by atoms with Gasteiger partial charge in [0.05, 0.1) is 0 Å². The van der Waals surface area contributed by atoms with Crippen molar-refractivity contribution in [2.75, 3.05) is 26.2 Å². The van der Waals surface area contributed by atoms with Crippen molar-refractivity contribution in [2.24, 2.45) is 5.73 Å². The first-order valence-electron chi connectivity index (χ1n) is 8.53. The van der Waals surface area contributed by atoms with Crippen LogP contribution < -0.4 is 15.8 Å². The molecule has 0 saturated heterocycles. The number of amides is 1. The number of nitrogens with two attached hydrogens (primary N) is 1. The topological polar surface area (TPSA) is 80.5 Å². The maximum Gasteiger partial charge on any atom is 0.271 e. The van der Waals surface area contributed by atoms with Crippen molar-refractivity contribution in [3.63, 3.8) is 0 Å². The quantitative estimate of drug-likeness (QED) is 0.678. The van der Waals surface area contributed by atoms with E-state index < -0.39 is 0 Å². The molecule has 25 heavy (non-hydrogen) atoms. The fourth-order valence-corrected chi connectivity index (χ4v) is 3.04. The summed E-state index contributed by atoms with van der Waals surface area (Å²) >= 11 is 1.39. The molecular weight excluding hydrogens is 336 g/mol. The molecule has 0 aliphatic carbocycles. The Balaban J connectivity index is 1.90. The van der Waals surface area contributed by atoms with Crippen molar-refractivity contribution >= 4 is 17.2 Å². The van der Waals surface area contributed by atoms with Gasteiger partial charge in [-0.05, 0) is 19.2 Å². The van der Waals surface area contributed by atoms with Gasteiger partial charge in [-0.25, -0.2) is 4.98 Å². The Hall–Kier alpha value is -1.96.